The Kier molecular flexibility index (Phi) is 5.65. The predicted molar refractivity (Wildman–Crippen MR) is 133 cm³/mol. The molecule has 2 aliphatic rings. The van der Waals surface area contributed by atoms with Crippen LogP contribution in [0.2, 0.25) is 0 Å². The molecule has 4 nitrogen and oxygen atoms in total. The number of carbonyl (C=O) groups is 1. The summed E-state index contributed by atoms with van der Waals surface area (Å²) in [7, 11) is 1.61. The van der Waals surface area contributed by atoms with Gasteiger partial charge in [-0.25, -0.2) is 0 Å². The van der Waals surface area contributed by atoms with Gasteiger partial charge in [-0.3, -0.25) is 0 Å². The van der Waals surface area contributed by atoms with Crippen LogP contribution < -0.4 is 0 Å². The zero-order chi connectivity index (χ0) is 21.0. The van der Waals surface area contributed by atoms with Gasteiger partial charge in [-0.05, 0) is 0 Å². The standard InChI is InChI=1S/C20H19F2I2N2O2P/c1-3-19(10-24(2)18(27)28-19)12-6-4-5-11(9-12)13-7-8-26-15-14(13)16(20(21,22)29)23-17(15)25/h4-9,25H,3,10,29H2,1-2H3. The van der Waals surface area contributed by atoms with Crippen molar-refractivity contribution >= 4 is 61.0 Å². The zero-order valence-corrected chi connectivity index (χ0v) is 21.2. The van der Waals surface area contributed by atoms with E-state index in [2.05, 4.69) is 4.98 Å². The Morgan fingerprint density at radius 1 is 1.41 bits per heavy atom. The number of rotatable bonds is 4. The van der Waals surface area contributed by atoms with Crippen LogP contribution in [0.1, 0.15) is 30.2 Å². The molecule has 154 valence electrons. The molecule has 1 N–H and O–H groups in total. The van der Waals surface area contributed by atoms with Crippen LogP contribution in [-0.4, -0.2) is 31.2 Å². The molecule has 9 heteroatoms. The number of nitrogens with one attached hydrogen (secondary N) is 1. The fourth-order valence-electron chi connectivity index (χ4n) is 3.61. The first-order chi connectivity index (χ1) is 13.7. The van der Waals surface area contributed by atoms with E-state index in [1.165, 1.54) is 0 Å². The van der Waals surface area contributed by atoms with Crippen LogP contribution in [0.15, 0.2) is 36.5 Å². The Hall–Kier alpha value is -0.870. The number of pyridine rings is 1. The van der Waals surface area contributed by atoms with E-state index < -0.39 is 51.8 Å². The van der Waals surface area contributed by atoms with Crippen LogP contribution >= 0.6 is 49.8 Å². The van der Waals surface area contributed by atoms with Gasteiger partial charge in [-0.15, -0.1) is 0 Å². The molecule has 0 bridgehead atoms. The van der Waals surface area contributed by atoms with Gasteiger partial charge in [0.05, 0.1) is 0 Å². The topological polar surface area (TPSA) is 63.0 Å². The van der Waals surface area contributed by atoms with E-state index in [4.69, 9.17) is 10.1 Å². The number of alkyl halides is 4. The summed E-state index contributed by atoms with van der Waals surface area (Å²) in [6.07, 6.45) is 2.25. The van der Waals surface area contributed by atoms with Crippen LogP contribution in [0.5, 0.6) is 0 Å². The van der Waals surface area contributed by atoms with Crippen LogP contribution in [0.25, 0.3) is 11.1 Å². The fourth-order valence-corrected chi connectivity index (χ4v) is 10.6. The maximum absolute atomic E-state index is 14.3. The van der Waals surface area contributed by atoms with Crippen molar-refractivity contribution in [2.45, 2.75) is 24.6 Å². The van der Waals surface area contributed by atoms with Crippen molar-refractivity contribution in [3.05, 3.63) is 53.3 Å². The van der Waals surface area contributed by atoms with Crippen molar-refractivity contribution in [3.63, 3.8) is 0 Å². The van der Waals surface area contributed by atoms with Crippen molar-refractivity contribution in [2.24, 2.45) is 0 Å². The van der Waals surface area contributed by atoms with Crippen LogP contribution in [0, 0.1) is 5.41 Å². The fraction of sp³-hybridized carbons (Fsp3) is 0.300. The summed E-state index contributed by atoms with van der Waals surface area (Å²) in [5.74, 6) is 0. The number of benzene rings is 1. The Morgan fingerprint density at radius 2 is 2.17 bits per heavy atom. The quantitative estimate of drug-likeness (QED) is 0.195. The van der Waals surface area contributed by atoms with E-state index in [-0.39, 0.29) is 11.2 Å². The summed E-state index contributed by atoms with van der Waals surface area (Å²) in [5.41, 5.74) is -0.609. The number of ether oxygens (including phenoxy) is 1. The second kappa shape index (κ2) is 7.67. The molecule has 1 fully saturated rings. The molecule has 2 aliphatic heterocycles. The van der Waals surface area contributed by atoms with E-state index in [1.54, 1.807) is 21.5 Å². The predicted octanol–water partition coefficient (Wildman–Crippen LogP) is 5.94. The Balaban J connectivity index is 1.86. The summed E-state index contributed by atoms with van der Waals surface area (Å²) >= 11 is -3.04. The van der Waals surface area contributed by atoms with Gasteiger partial charge in [0.1, 0.15) is 0 Å². The number of hydrogen-bond acceptors (Lipinski definition) is 4. The molecule has 0 amide bonds. The molecule has 1 aromatic carbocycles. The van der Waals surface area contributed by atoms with Crippen LogP contribution in [-0.2, 0) is 10.3 Å². The number of aromatic nitrogens is 1. The van der Waals surface area contributed by atoms with Crippen molar-refractivity contribution < 1.29 is 18.3 Å². The van der Waals surface area contributed by atoms with Gasteiger partial charge in [-0.1, -0.05) is 0 Å². The minimum atomic E-state index is -3.06. The van der Waals surface area contributed by atoms with Gasteiger partial charge in [0.15, 0.2) is 0 Å². The molecule has 3 heterocycles. The Bertz CT molecular complexity index is 1070. The van der Waals surface area contributed by atoms with Gasteiger partial charge >= 0.3 is 188 Å². The normalized spacial score (nSPS) is 22.8. The minimum absolute atomic E-state index is 0.00859. The van der Waals surface area contributed by atoms with E-state index in [0.717, 1.165) is 15.6 Å². The maximum atomic E-state index is 14.3. The average Bonchev–Trinajstić information content (AvgIpc) is 3.19. The molecule has 0 radical (unpaired) electrons. The first-order valence-electron chi connectivity index (χ1n) is 8.83. The van der Waals surface area contributed by atoms with Crippen LogP contribution in [0.4, 0.5) is 13.6 Å². The van der Waals surface area contributed by atoms with Gasteiger partial charge in [0.25, 0.3) is 0 Å². The summed E-state index contributed by atoms with van der Waals surface area (Å²) in [5, 5.41) is 8.15. The second-order valence-corrected chi connectivity index (χ2v) is 15.4. The Labute approximate surface area is 187 Å². The van der Waals surface area contributed by atoms with Crippen molar-refractivity contribution in [1.29, 1.82) is 5.41 Å². The molecule has 4 rings (SSSR count). The van der Waals surface area contributed by atoms with Crippen LogP contribution in [0.3, 0.4) is 0 Å². The molecule has 0 spiro atoms. The number of fused-ring (bicyclic) bond motifs is 1. The zero-order valence-electron chi connectivity index (χ0n) is 15.7. The number of hydrogen-bond donors (Lipinski definition) is 1. The molecule has 1 aromatic heterocycles. The molecule has 2 atom stereocenters. The second-order valence-electron chi connectivity index (χ2n) is 6.92. The first kappa shape index (κ1) is 21.4. The number of cyclic esters (lactones) is 1. The molecule has 1 saturated heterocycles. The van der Waals surface area contributed by atoms with Gasteiger partial charge in [-0.2, -0.15) is 0 Å². The van der Waals surface area contributed by atoms with Crippen molar-refractivity contribution in [1.82, 2.24) is 4.98 Å². The van der Waals surface area contributed by atoms with Crippen molar-refractivity contribution in [3.8, 4) is 11.1 Å². The van der Waals surface area contributed by atoms with E-state index in [9.17, 15) is 13.6 Å². The van der Waals surface area contributed by atoms with Gasteiger partial charge in [0.2, 0.25) is 0 Å². The van der Waals surface area contributed by atoms with E-state index in [1.807, 2.05) is 36.1 Å². The van der Waals surface area contributed by atoms with E-state index in [0.29, 0.717) is 23.2 Å². The monoisotopic (exact) mass is 642 g/mol. The molecule has 0 aliphatic carbocycles. The first-order valence-corrected chi connectivity index (χ1v) is 16.3. The SMILES string of the molecule is CCC1(c2cccc(-c3ccnc4c3C(C(F)(F)P)=IC4=N)c2)CI(C)C(=O)O1. The molecule has 0 saturated carbocycles. The summed E-state index contributed by atoms with van der Waals surface area (Å²) in [6, 6.07) is 9.37. The van der Waals surface area contributed by atoms with Gasteiger partial charge < -0.3 is 0 Å². The number of halogens is 4. The summed E-state index contributed by atoms with van der Waals surface area (Å²) in [4.78, 5) is 18.4. The summed E-state index contributed by atoms with van der Waals surface area (Å²) < 4.78 is 35.3. The molecular weight excluding hydrogens is 623 g/mol. The molecule has 2 unspecified atom stereocenters. The van der Waals surface area contributed by atoms with Gasteiger partial charge in [0, 0.05) is 0 Å². The third-order valence-electron chi connectivity index (χ3n) is 5.09. The van der Waals surface area contributed by atoms with E-state index >= 15 is 0 Å². The molecule has 2 aromatic rings. The molecular formula is C20H19F2I2N2O2P. The number of carbonyl (C=O) groups excluding carboxylic acids is 1. The molecule has 29 heavy (non-hydrogen) atoms. The average molecular weight is 642 g/mol. The third-order valence-corrected chi connectivity index (χ3v) is 12.9. The van der Waals surface area contributed by atoms with Crippen molar-refractivity contribution in [2.75, 3.05) is 9.36 Å². The number of nitrogens with zero attached hydrogens (tertiary/aromatic N) is 1. The third kappa shape index (κ3) is 3.69. The Morgan fingerprint density at radius 3 is 2.79 bits per heavy atom. The summed E-state index contributed by atoms with van der Waals surface area (Å²) in [6.45, 7) is 2.01.